The lowest BCUT2D eigenvalue weighted by atomic mass is 10.0. The summed E-state index contributed by atoms with van der Waals surface area (Å²) >= 11 is 6.09. The maximum absolute atomic E-state index is 8.74. The van der Waals surface area contributed by atoms with Crippen LogP contribution >= 0.6 is 11.6 Å². The van der Waals surface area contributed by atoms with E-state index in [0.717, 1.165) is 25.3 Å². The quantitative estimate of drug-likeness (QED) is 0.897. The number of halogens is 1. The average Bonchev–Trinajstić information content (AvgIpc) is 2.73. The van der Waals surface area contributed by atoms with E-state index in [1.54, 1.807) is 12.1 Å². The molecule has 0 aliphatic carbocycles. The third-order valence-electron chi connectivity index (χ3n) is 3.19. The van der Waals surface area contributed by atoms with Crippen LogP contribution in [0.25, 0.3) is 0 Å². The molecule has 0 bridgehead atoms. The summed E-state index contributed by atoms with van der Waals surface area (Å²) in [4.78, 5) is 0. The minimum atomic E-state index is 0.305. The summed E-state index contributed by atoms with van der Waals surface area (Å²) in [6.07, 6.45) is 1.39. The predicted octanol–water partition coefficient (Wildman–Crippen LogP) is 3.05. The Morgan fingerprint density at radius 2 is 2.41 bits per heavy atom. The van der Waals surface area contributed by atoms with Crippen molar-refractivity contribution in [2.45, 2.75) is 19.4 Å². The molecule has 2 unspecified atom stereocenters. The highest BCUT2D eigenvalue weighted by Crippen LogP contribution is 2.25. The molecule has 1 aliphatic heterocycles. The van der Waals surface area contributed by atoms with Gasteiger partial charge in [0, 0.05) is 19.1 Å². The molecule has 1 saturated heterocycles. The zero-order valence-electron chi connectivity index (χ0n) is 9.74. The van der Waals surface area contributed by atoms with Crippen LogP contribution < -0.4 is 5.32 Å². The summed E-state index contributed by atoms with van der Waals surface area (Å²) < 4.78 is 5.50. The Bertz CT molecular complexity index is 442. The van der Waals surface area contributed by atoms with E-state index in [0.29, 0.717) is 22.6 Å². The minimum absolute atomic E-state index is 0.305. The van der Waals surface area contributed by atoms with Gasteiger partial charge in [0.25, 0.3) is 0 Å². The Kier molecular flexibility index (Phi) is 3.88. The normalized spacial score (nSPS) is 23.4. The molecule has 1 aromatic carbocycles. The lowest BCUT2D eigenvalue weighted by Crippen LogP contribution is -2.20. The first kappa shape index (κ1) is 12.2. The first-order chi connectivity index (χ1) is 8.20. The summed E-state index contributed by atoms with van der Waals surface area (Å²) in [5.41, 5.74) is 1.46. The van der Waals surface area contributed by atoms with Crippen LogP contribution in [0.15, 0.2) is 18.2 Å². The van der Waals surface area contributed by atoms with Crippen molar-refractivity contribution < 1.29 is 4.74 Å². The van der Waals surface area contributed by atoms with Gasteiger partial charge in [0.2, 0.25) is 0 Å². The third-order valence-corrected chi connectivity index (χ3v) is 3.50. The maximum atomic E-state index is 8.74. The van der Waals surface area contributed by atoms with Crippen LogP contribution in [0, 0.1) is 17.2 Å². The van der Waals surface area contributed by atoms with Crippen molar-refractivity contribution in [3.8, 4) is 6.07 Å². The Balaban J connectivity index is 1.97. The second-order valence-corrected chi connectivity index (χ2v) is 4.72. The van der Waals surface area contributed by atoms with Crippen LogP contribution in [-0.2, 0) is 4.74 Å². The average molecular weight is 251 g/mol. The van der Waals surface area contributed by atoms with E-state index in [9.17, 15) is 0 Å². The van der Waals surface area contributed by atoms with Crippen LogP contribution in [0.4, 0.5) is 5.69 Å². The van der Waals surface area contributed by atoms with Gasteiger partial charge in [-0.1, -0.05) is 11.6 Å². The fraction of sp³-hybridized carbons (Fsp3) is 0.462. The Labute approximate surface area is 106 Å². The summed E-state index contributed by atoms with van der Waals surface area (Å²) in [6.45, 7) is 3.79. The Morgan fingerprint density at radius 1 is 1.59 bits per heavy atom. The van der Waals surface area contributed by atoms with E-state index in [1.807, 2.05) is 6.07 Å². The van der Waals surface area contributed by atoms with E-state index in [2.05, 4.69) is 18.3 Å². The van der Waals surface area contributed by atoms with Gasteiger partial charge in [0.05, 0.1) is 28.4 Å². The second-order valence-electron chi connectivity index (χ2n) is 4.31. The van der Waals surface area contributed by atoms with Crippen molar-refractivity contribution in [3.63, 3.8) is 0 Å². The van der Waals surface area contributed by atoms with Gasteiger partial charge >= 0.3 is 0 Å². The molecule has 2 rings (SSSR count). The third kappa shape index (κ3) is 2.91. The molecule has 1 heterocycles. The highest BCUT2D eigenvalue weighted by atomic mass is 35.5. The Hall–Kier alpha value is -1.24. The van der Waals surface area contributed by atoms with Gasteiger partial charge in [-0.2, -0.15) is 5.26 Å². The lowest BCUT2D eigenvalue weighted by Gasteiger charge is -2.16. The number of nitriles is 1. The molecule has 4 heteroatoms. The highest BCUT2D eigenvalue weighted by molar-refractivity contribution is 6.33. The van der Waals surface area contributed by atoms with Crippen molar-refractivity contribution in [1.29, 1.82) is 5.26 Å². The predicted molar refractivity (Wildman–Crippen MR) is 68.2 cm³/mol. The fourth-order valence-electron chi connectivity index (χ4n) is 2.01. The number of hydrogen-bond donors (Lipinski definition) is 1. The minimum Gasteiger partial charge on any atom is -0.383 e. The summed E-state index contributed by atoms with van der Waals surface area (Å²) in [5, 5.41) is 12.7. The van der Waals surface area contributed by atoms with Gasteiger partial charge in [-0.3, -0.25) is 0 Å². The van der Waals surface area contributed by atoms with Gasteiger partial charge in [0.15, 0.2) is 0 Å². The molecule has 3 nitrogen and oxygen atoms in total. The van der Waals surface area contributed by atoms with Gasteiger partial charge < -0.3 is 10.1 Å². The zero-order valence-corrected chi connectivity index (χ0v) is 10.5. The van der Waals surface area contributed by atoms with Crippen LogP contribution in [0.5, 0.6) is 0 Å². The van der Waals surface area contributed by atoms with E-state index in [1.165, 1.54) is 0 Å². The van der Waals surface area contributed by atoms with E-state index in [4.69, 9.17) is 21.6 Å². The lowest BCUT2D eigenvalue weighted by molar-refractivity contribution is 0.108. The van der Waals surface area contributed by atoms with Gasteiger partial charge in [0.1, 0.15) is 0 Å². The zero-order chi connectivity index (χ0) is 12.3. The summed E-state index contributed by atoms with van der Waals surface area (Å²) in [7, 11) is 0. The number of anilines is 1. The molecule has 1 fully saturated rings. The number of hydrogen-bond acceptors (Lipinski definition) is 3. The number of ether oxygens (including phenoxy) is 1. The molecule has 1 aliphatic rings. The molecule has 0 aromatic heterocycles. The molecule has 0 radical (unpaired) electrons. The summed E-state index contributed by atoms with van der Waals surface area (Å²) in [6, 6.07) is 7.36. The molecule has 0 amide bonds. The smallest absolute Gasteiger partial charge is 0.0992 e. The molecule has 17 heavy (non-hydrogen) atoms. The van der Waals surface area contributed by atoms with Crippen molar-refractivity contribution >= 4 is 17.3 Å². The molecule has 2 atom stereocenters. The molecule has 0 saturated carbocycles. The van der Waals surface area contributed by atoms with E-state index >= 15 is 0 Å². The number of nitrogens with zero attached hydrogens (tertiary/aromatic N) is 1. The number of rotatable bonds is 3. The van der Waals surface area contributed by atoms with Gasteiger partial charge in [-0.25, -0.2) is 0 Å². The molecule has 1 N–H and O–H groups in total. The molecule has 1 aromatic rings. The van der Waals surface area contributed by atoms with Crippen molar-refractivity contribution in [2.75, 3.05) is 18.5 Å². The van der Waals surface area contributed by atoms with Crippen LogP contribution in [0.1, 0.15) is 18.9 Å². The monoisotopic (exact) mass is 250 g/mol. The topological polar surface area (TPSA) is 45.0 Å². The maximum Gasteiger partial charge on any atom is 0.0992 e. The SMILES string of the molecule is CC1OCCC1CNc1ccc(C#N)cc1Cl. The van der Waals surface area contributed by atoms with E-state index in [-0.39, 0.29) is 0 Å². The number of benzene rings is 1. The van der Waals surface area contributed by atoms with Crippen molar-refractivity contribution in [1.82, 2.24) is 0 Å². The first-order valence-corrected chi connectivity index (χ1v) is 6.13. The van der Waals surface area contributed by atoms with Crippen LogP contribution in [0.2, 0.25) is 5.02 Å². The van der Waals surface area contributed by atoms with E-state index < -0.39 is 0 Å². The van der Waals surface area contributed by atoms with Gasteiger partial charge in [-0.15, -0.1) is 0 Å². The van der Waals surface area contributed by atoms with Crippen molar-refractivity contribution in [2.24, 2.45) is 5.92 Å². The largest absolute Gasteiger partial charge is 0.383 e. The summed E-state index contributed by atoms with van der Waals surface area (Å²) in [5.74, 6) is 0.529. The van der Waals surface area contributed by atoms with Crippen LogP contribution in [0.3, 0.4) is 0 Å². The number of nitrogens with one attached hydrogen (secondary N) is 1. The second kappa shape index (κ2) is 5.39. The molecular weight excluding hydrogens is 236 g/mol. The molecule has 0 spiro atoms. The highest BCUT2D eigenvalue weighted by Gasteiger charge is 2.23. The molecule has 90 valence electrons. The van der Waals surface area contributed by atoms with Crippen LogP contribution in [-0.4, -0.2) is 19.3 Å². The fourth-order valence-corrected chi connectivity index (χ4v) is 2.26. The van der Waals surface area contributed by atoms with Gasteiger partial charge in [-0.05, 0) is 31.5 Å². The first-order valence-electron chi connectivity index (χ1n) is 5.76. The molecular formula is C13H15ClN2O. The standard InChI is InChI=1S/C13H15ClN2O/c1-9-11(4-5-17-9)8-16-13-3-2-10(7-15)6-12(13)14/h2-3,6,9,11,16H,4-5,8H2,1H3. The van der Waals surface area contributed by atoms with Crippen molar-refractivity contribution in [3.05, 3.63) is 28.8 Å². The Morgan fingerprint density at radius 3 is 3.00 bits per heavy atom.